The summed E-state index contributed by atoms with van der Waals surface area (Å²) in [5.74, 6) is 5.31. The van der Waals surface area contributed by atoms with Gasteiger partial charge in [0, 0.05) is 22.1 Å². The molecule has 0 atom stereocenters. The van der Waals surface area contributed by atoms with Gasteiger partial charge in [0.25, 0.3) is 0 Å². The fourth-order valence-electron chi connectivity index (χ4n) is 11.2. The molecule has 1 spiro atoms. The predicted octanol–water partition coefficient (Wildman–Crippen LogP) is 12.2. The molecule has 0 unspecified atom stereocenters. The first-order valence-electron chi connectivity index (χ1n) is 19.4. The van der Waals surface area contributed by atoms with E-state index in [2.05, 4.69) is 116 Å². The van der Waals surface area contributed by atoms with Gasteiger partial charge in [-0.2, -0.15) is 0 Å². The number of nitrogens with zero attached hydrogens (tertiary/aromatic N) is 3. The topological polar surface area (TPSA) is 38.7 Å². The van der Waals surface area contributed by atoms with Crippen LogP contribution in [0.5, 0.6) is 0 Å². The summed E-state index contributed by atoms with van der Waals surface area (Å²) in [5, 5.41) is 0. The van der Waals surface area contributed by atoms with E-state index in [1.807, 2.05) is 36.4 Å². The van der Waals surface area contributed by atoms with Gasteiger partial charge in [-0.15, -0.1) is 0 Å². The van der Waals surface area contributed by atoms with E-state index in [-0.39, 0.29) is 5.41 Å². The maximum atomic E-state index is 5.17. The van der Waals surface area contributed by atoms with Crippen LogP contribution in [0.1, 0.15) is 48.8 Å². The van der Waals surface area contributed by atoms with Crippen LogP contribution in [0.3, 0.4) is 0 Å². The molecule has 5 aliphatic carbocycles. The van der Waals surface area contributed by atoms with E-state index < -0.39 is 0 Å². The summed E-state index contributed by atoms with van der Waals surface area (Å²) in [5.41, 5.74) is 15.2. The van der Waals surface area contributed by atoms with Crippen LogP contribution in [0.15, 0.2) is 146 Å². The Morgan fingerprint density at radius 3 is 1.53 bits per heavy atom. The summed E-state index contributed by atoms with van der Waals surface area (Å²) in [6.45, 7) is 2.17. The summed E-state index contributed by atoms with van der Waals surface area (Å²) >= 11 is 0. The van der Waals surface area contributed by atoms with Gasteiger partial charge in [0.1, 0.15) is 0 Å². The summed E-state index contributed by atoms with van der Waals surface area (Å²) in [7, 11) is 0. The van der Waals surface area contributed by atoms with E-state index in [0.717, 1.165) is 45.9 Å². The lowest BCUT2D eigenvalue weighted by molar-refractivity contribution is -0.0399. The van der Waals surface area contributed by atoms with Crippen LogP contribution >= 0.6 is 0 Å². The highest BCUT2D eigenvalue weighted by molar-refractivity contribution is 5.87. The SMILES string of the molecule is Cc1cccc(-c2cc(-c3ccc4c(c3)C3(c5ccccc5-4)C4CC5CC(C4)CC3C5)cc(-c3nc(-c4ccccc4)nc(-c4ccccc4)n3)c2)c1. The van der Waals surface area contributed by atoms with Gasteiger partial charge in [-0.1, -0.05) is 127 Å². The van der Waals surface area contributed by atoms with E-state index >= 15 is 0 Å². The lowest BCUT2D eigenvalue weighted by atomic mass is 9.43. The molecule has 4 bridgehead atoms. The maximum absolute atomic E-state index is 5.17. The van der Waals surface area contributed by atoms with Crippen LogP contribution in [-0.4, -0.2) is 15.0 Å². The Morgan fingerprint density at radius 1 is 0.396 bits per heavy atom. The summed E-state index contributed by atoms with van der Waals surface area (Å²) in [4.78, 5) is 15.3. The molecule has 1 aromatic heterocycles. The zero-order chi connectivity index (χ0) is 35.1. The van der Waals surface area contributed by atoms with Crippen LogP contribution in [-0.2, 0) is 5.41 Å². The molecule has 53 heavy (non-hydrogen) atoms. The minimum atomic E-state index is 0.121. The second kappa shape index (κ2) is 11.9. The molecule has 0 amide bonds. The van der Waals surface area contributed by atoms with E-state index in [4.69, 9.17) is 15.0 Å². The highest BCUT2D eigenvalue weighted by atomic mass is 15.0. The third kappa shape index (κ3) is 4.90. The number of rotatable bonds is 5. The smallest absolute Gasteiger partial charge is 0.164 e. The van der Waals surface area contributed by atoms with E-state index in [1.165, 1.54) is 65.5 Å². The Kier molecular flexibility index (Phi) is 6.96. The van der Waals surface area contributed by atoms with Crippen molar-refractivity contribution in [2.45, 2.75) is 44.4 Å². The van der Waals surface area contributed by atoms with E-state index in [9.17, 15) is 0 Å². The summed E-state index contributed by atoms with van der Waals surface area (Å²) in [6, 6.07) is 53.1. The summed E-state index contributed by atoms with van der Waals surface area (Å²) < 4.78 is 0. The second-order valence-electron chi connectivity index (χ2n) is 16.2. The minimum absolute atomic E-state index is 0.121. The second-order valence-corrected chi connectivity index (χ2v) is 16.2. The molecule has 1 heterocycles. The van der Waals surface area contributed by atoms with E-state index in [1.54, 1.807) is 11.1 Å². The van der Waals surface area contributed by atoms with Crippen LogP contribution in [0.4, 0.5) is 0 Å². The molecule has 0 N–H and O–H groups in total. The number of benzene rings is 6. The lowest BCUT2D eigenvalue weighted by Gasteiger charge is -2.61. The average molecular weight is 684 g/mol. The summed E-state index contributed by atoms with van der Waals surface area (Å²) in [6.07, 6.45) is 6.98. The van der Waals surface area contributed by atoms with Crippen molar-refractivity contribution in [3.05, 3.63) is 162 Å². The van der Waals surface area contributed by atoms with Crippen molar-refractivity contribution in [3.8, 4) is 67.5 Å². The predicted molar refractivity (Wildman–Crippen MR) is 215 cm³/mol. The van der Waals surface area contributed by atoms with Gasteiger partial charge in [0.15, 0.2) is 17.5 Å². The van der Waals surface area contributed by atoms with Crippen molar-refractivity contribution in [1.29, 1.82) is 0 Å². The maximum Gasteiger partial charge on any atom is 0.164 e. The monoisotopic (exact) mass is 683 g/mol. The van der Waals surface area contributed by atoms with Crippen molar-refractivity contribution in [2.24, 2.45) is 23.7 Å². The van der Waals surface area contributed by atoms with Crippen molar-refractivity contribution >= 4 is 0 Å². The van der Waals surface area contributed by atoms with Gasteiger partial charge in [-0.25, -0.2) is 15.0 Å². The van der Waals surface area contributed by atoms with Gasteiger partial charge >= 0.3 is 0 Å². The Bertz CT molecular complexity index is 2450. The molecule has 3 nitrogen and oxygen atoms in total. The number of hydrogen-bond acceptors (Lipinski definition) is 3. The van der Waals surface area contributed by atoms with Crippen molar-refractivity contribution in [2.75, 3.05) is 0 Å². The molecule has 256 valence electrons. The van der Waals surface area contributed by atoms with Crippen LogP contribution in [0.2, 0.25) is 0 Å². The van der Waals surface area contributed by atoms with Gasteiger partial charge in [0.2, 0.25) is 0 Å². The van der Waals surface area contributed by atoms with Crippen molar-refractivity contribution in [1.82, 2.24) is 15.0 Å². The molecule has 4 saturated carbocycles. The van der Waals surface area contributed by atoms with Gasteiger partial charge < -0.3 is 0 Å². The first-order valence-corrected chi connectivity index (χ1v) is 19.4. The largest absolute Gasteiger partial charge is 0.208 e. The van der Waals surface area contributed by atoms with Crippen molar-refractivity contribution < 1.29 is 0 Å². The zero-order valence-electron chi connectivity index (χ0n) is 30.0. The number of aryl methyl sites for hydroxylation is 1. The normalized spacial score (nSPS) is 23.3. The quantitative estimate of drug-likeness (QED) is 0.181. The standard InChI is InChI=1S/C50H41N3/c1-31-11-10-16-36(21-31)38-27-39(29-40(28-38)49-52-47(34-12-4-2-5-13-34)51-48(53-49)35-14-6-3-7-15-35)37-19-20-44-43-17-8-9-18-45(43)50(46(44)30-37)41-23-32-22-33(25-41)26-42(50)24-32/h2-21,27-30,32-33,41-42H,22-26H2,1H3. The first-order chi connectivity index (χ1) is 26.1. The molecule has 7 aromatic rings. The fourth-order valence-corrected chi connectivity index (χ4v) is 11.2. The molecular formula is C50H41N3. The highest BCUT2D eigenvalue weighted by Crippen LogP contribution is 2.69. The highest BCUT2D eigenvalue weighted by Gasteiger charge is 2.61. The van der Waals surface area contributed by atoms with E-state index in [0.29, 0.717) is 17.5 Å². The molecular weight excluding hydrogens is 643 g/mol. The zero-order valence-corrected chi connectivity index (χ0v) is 30.0. The molecule has 0 radical (unpaired) electrons. The van der Waals surface area contributed by atoms with Crippen LogP contribution in [0, 0.1) is 30.6 Å². The molecule has 3 heteroatoms. The third-order valence-corrected chi connectivity index (χ3v) is 13.1. The first kappa shape index (κ1) is 30.9. The molecule has 12 rings (SSSR count). The lowest BCUT2D eigenvalue weighted by Crippen LogP contribution is -2.55. The number of hydrogen-bond donors (Lipinski definition) is 0. The van der Waals surface area contributed by atoms with Gasteiger partial charge in [0.05, 0.1) is 0 Å². The average Bonchev–Trinajstić information content (AvgIpc) is 3.50. The van der Waals surface area contributed by atoms with Gasteiger partial charge in [-0.05, 0) is 131 Å². The number of fused-ring (bicyclic) bond motifs is 3. The Labute approximate surface area is 311 Å². The Hall–Kier alpha value is -5.67. The van der Waals surface area contributed by atoms with Crippen molar-refractivity contribution in [3.63, 3.8) is 0 Å². The van der Waals surface area contributed by atoms with Gasteiger partial charge in [-0.3, -0.25) is 0 Å². The molecule has 4 fully saturated rings. The Balaban J connectivity index is 1.12. The molecule has 0 saturated heterocycles. The van der Waals surface area contributed by atoms with Crippen LogP contribution in [0.25, 0.3) is 67.5 Å². The number of aromatic nitrogens is 3. The molecule has 5 aliphatic rings. The third-order valence-electron chi connectivity index (χ3n) is 13.1. The van der Waals surface area contributed by atoms with Crippen LogP contribution < -0.4 is 0 Å². The Morgan fingerprint density at radius 2 is 0.906 bits per heavy atom. The fraction of sp³-hybridized carbons (Fsp3) is 0.220. The molecule has 0 aliphatic heterocycles. The molecule has 6 aromatic carbocycles. The minimum Gasteiger partial charge on any atom is -0.208 e.